The number of hydrogen-bond donors (Lipinski definition) is 0. The third kappa shape index (κ3) is 3.89. The zero-order valence-electron chi connectivity index (χ0n) is 24.1. The van der Waals surface area contributed by atoms with E-state index in [2.05, 4.69) is 144 Å². The first-order valence-electron chi connectivity index (χ1n) is 14.9. The van der Waals surface area contributed by atoms with Crippen LogP contribution in [-0.4, -0.2) is 14.5 Å². The largest absolute Gasteiger partial charge is 0.309 e. The molecule has 204 valence electrons. The highest BCUT2D eigenvalue weighted by Gasteiger charge is 2.24. The maximum Gasteiger partial charge on any atom is 0.160 e. The molecule has 0 fully saturated rings. The fourth-order valence-corrected chi connectivity index (χ4v) is 6.50. The number of rotatable bonds is 3. The molecule has 1 aliphatic carbocycles. The molecule has 0 aliphatic heterocycles. The first-order valence-corrected chi connectivity index (χ1v) is 14.9. The lowest BCUT2D eigenvalue weighted by Gasteiger charge is -2.10. The highest BCUT2D eigenvalue weighted by molar-refractivity contribution is 6.13. The van der Waals surface area contributed by atoms with Gasteiger partial charge in [0, 0.05) is 33.0 Å². The van der Waals surface area contributed by atoms with Crippen LogP contribution in [0.15, 0.2) is 140 Å². The second-order valence-corrected chi connectivity index (χ2v) is 10.6. The summed E-state index contributed by atoms with van der Waals surface area (Å²) < 4.78 is 2.36. The first-order chi connectivity index (χ1) is 21.3. The van der Waals surface area contributed by atoms with Crippen LogP contribution in [0.4, 0.5) is 0 Å². The molecule has 43 heavy (non-hydrogen) atoms. The van der Waals surface area contributed by atoms with Crippen molar-refractivity contribution in [3.05, 3.63) is 140 Å². The minimum atomic E-state index is 0.752. The Balaban J connectivity index is 0.00000136. The summed E-state index contributed by atoms with van der Waals surface area (Å²) >= 11 is 0. The van der Waals surface area contributed by atoms with Crippen molar-refractivity contribution in [1.82, 2.24) is 14.5 Å². The SMILES string of the molecule is CC.c1ccc(-n2c3ccccc3c3ccc(-c4cccc(-c5nc6c7c(cccc7n5)-c5ccccc5-6)c4)cc32)cc1. The Labute approximate surface area is 250 Å². The number of aromatic nitrogens is 3. The van der Waals surface area contributed by atoms with Crippen LogP contribution in [-0.2, 0) is 0 Å². The molecule has 8 aromatic rings. The van der Waals surface area contributed by atoms with Gasteiger partial charge >= 0.3 is 0 Å². The van der Waals surface area contributed by atoms with E-state index in [0.29, 0.717) is 0 Å². The van der Waals surface area contributed by atoms with Gasteiger partial charge in [-0.05, 0) is 58.7 Å². The van der Waals surface area contributed by atoms with E-state index in [0.717, 1.165) is 44.8 Å². The lowest BCUT2D eigenvalue weighted by molar-refractivity contribution is 1.18. The summed E-state index contributed by atoms with van der Waals surface area (Å²) in [4.78, 5) is 10.2. The van der Waals surface area contributed by atoms with E-state index in [1.807, 2.05) is 13.8 Å². The molecule has 2 aromatic heterocycles. The molecule has 0 unspecified atom stereocenters. The average Bonchev–Trinajstić information content (AvgIpc) is 3.59. The van der Waals surface area contributed by atoms with E-state index in [-0.39, 0.29) is 0 Å². The van der Waals surface area contributed by atoms with Gasteiger partial charge < -0.3 is 4.57 Å². The summed E-state index contributed by atoms with van der Waals surface area (Å²) in [5.74, 6) is 0.752. The van der Waals surface area contributed by atoms with Crippen LogP contribution in [0.3, 0.4) is 0 Å². The van der Waals surface area contributed by atoms with Crippen molar-refractivity contribution < 1.29 is 0 Å². The molecule has 0 spiro atoms. The summed E-state index contributed by atoms with van der Waals surface area (Å²) in [6.45, 7) is 4.00. The quantitative estimate of drug-likeness (QED) is 0.219. The van der Waals surface area contributed by atoms with Crippen LogP contribution in [0.1, 0.15) is 13.8 Å². The third-order valence-corrected chi connectivity index (χ3v) is 8.34. The highest BCUT2D eigenvalue weighted by Crippen LogP contribution is 2.46. The number of hydrogen-bond acceptors (Lipinski definition) is 2. The number of para-hydroxylation sites is 2. The Morgan fingerprint density at radius 1 is 0.465 bits per heavy atom. The number of nitrogens with zero attached hydrogens (tertiary/aromatic N) is 3. The predicted molar refractivity (Wildman–Crippen MR) is 181 cm³/mol. The van der Waals surface area contributed by atoms with Crippen LogP contribution in [0.5, 0.6) is 0 Å². The molecule has 2 heterocycles. The number of benzene rings is 6. The van der Waals surface area contributed by atoms with Gasteiger partial charge in [-0.25, -0.2) is 9.97 Å². The predicted octanol–water partition coefficient (Wildman–Crippen LogP) is 10.7. The van der Waals surface area contributed by atoms with Crippen molar-refractivity contribution in [3.8, 4) is 50.6 Å². The molecule has 0 atom stereocenters. The maximum absolute atomic E-state index is 5.14. The van der Waals surface area contributed by atoms with Gasteiger partial charge in [-0.1, -0.05) is 117 Å². The van der Waals surface area contributed by atoms with Crippen molar-refractivity contribution in [2.75, 3.05) is 0 Å². The standard InChI is InChI=1S/C38H23N3.C2H6/c1-2-12-27(13-3-1)41-34-19-7-6-15-29(34)30-21-20-25(23-35(30)41)24-10-8-11-26(22-24)38-39-33-18-9-17-31-28-14-4-5-16-32(28)37(40-38)36(31)33;1-2/h1-23H;1-2H3. The van der Waals surface area contributed by atoms with Crippen molar-refractivity contribution in [2.24, 2.45) is 0 Å². The molecule has 3 heteroatoms. The van der Waals surface area contributed by atoms with Crippen molar-refractivity contribution in [3.63, 3.8) is 0 Å². The van der Waals surface area contributed by atoms with E-state index in [4.69, 9.17) is 9.97 Å². The second-order valence-electron chi connectivity index (χ2n) is 10.6. The molecule has 0 saturated carbocycles. The fraction of sp³-hybridized carbons (Fsp3) is 0.0500. The van der Waals surface area contributed by atoms with Gasteiger partial charge in [-0.2, -0.15) is 0 Å². The minimum Gasteiger partial charge on any atom is -0.309 e. The first kappa shape index (κ1) is 25.2. The third-order valence-electron chi connectivity index (χ3n) is 8.34. The number of fused-ring (bicyclic) bond motifs is 6. The zero-order chi connectivity index (χ0) is 28.9. The van der Waals surface area contributed by atoms with Crippen molar-refractivity contribution in [1.29, 1.82) is 0 Å². The molecule has 0 saturated heterocycles. The van der Waals surface area contributed by atoms with Crippen molar-refractivity contribution >= 4 is 32.7 Å². The van der Waals surface area contributed by atoms with E-state index in [1.165, 1.54) is 38.5 Å². The lowest BCUT2D eigenvalue weighted by atomic mass is 10.0. The Bertz CT molecular complexity index is 2310. The van der Waals surface area contributed by atoms with Crippen LogP contribution < -0.4 is 0 Å². The average molecular weight is 552 g/mol. The summed E-state index contributed by atoms with van der Waals surface area (Å²) in [5.41, 5.74) is 12.5. The van der Waals surface area contributed by atoms with Gasteiger partial charge in [0.25, 0.3) is 0 Å². The van der Waals surface area contributed by atoms with Crippen LogP contribution in [0, 0.1) is 0 Å². The second kappa shape index (κ2) is 10.1. The van der Waals surface area contributed by atoms with Gasteiger partial charge in [0.05, 0.1) is 22.2 Å². The molecule has 0 N–H and O–H groups in total. The van der Waals surface area contributed by atoms with Crippen LogP contribution in [0.25, 0.3) is 83.3 Å². The van der Waals surface area contributed by atoms with Gasteiger partial charge in [0.2, 0.25) is 0 Å². The Morgan fingerprint density at radius 3 is 2.02 bits per heavy atom. The van der Waals surface area contributed by atoms with E-state index >= 15 is 0 Å². The molecule has 0 bridgehead atoms. The van der Waals surface area contributed by atoms with Gasteiger partial charge in [-0.3, -0.25) is 0 Å². The lowest BCUT2D eigenvalue weighted by Crippen LogP contribution is -1.94. The smallest absolute Gasteiger partial charge is 0.160 e. The van der Waals surface area contributed by atoms with Crippen LogP contribution >= 0.6 is 0 Å². The monoisotopic (exact) mass is 551 g/mol. The van der Waals surface area contributed by atoms with Gasteiger partial charge in [-0.15, -0.1) is 0 Å². The van der Waals surface area contributed by atoms with E-state index < -0.39 is 0 Å². The molecular weight excluding hydrogens is 522 g/mol. The van der Waals surface area contributed by atoms with E-state index in [9.17, 15) is 0 Å². The van der Waals surface area contributed by atoms with Crippen LogP contribution in [0.2, 0.25) is 0 Å². The normalized spacial score (nSPS) is 11.5. The summed E-state index contributed by atoms with van der Waals surface area (Å²) in [5, 5.41) is 3.65. The van der Waals surface area contributed by atoms with Gasteiger partial charge in [0.15, 0.2) is 5.82 Å². The Kier molecular flexibility index (Phi) is 5.90. The molecule has 6 aromatic carbocycles. The maximum atomic E-state index is 5.14. The zero-order valence-corrected chi connectivity index (χ0v) is 24.1. The summed E-state index contributed by atoms with van der Waals surface area (Å²) in [7, 11) is 0. The topological polar surface area (TPSA) is 30.7 Å². The molecular formula is C40H29N3. The Hall–Kier alpha value is -5.54. The minimum absolute atomic E-state index is 0.752. The Morgan fingerprint density at radius 2 is 1.14 bits per heavy atom. The molecule has 9 rings (SSSR count). The highest BCUT2D eigenvalue weighted by atomic mass is 15.0. The molecule has 0 radical (unpaired) electrons. The van der Waals surface area contributed by atoms with Crippen molar-refractivity contribution in [2.45, 2.75) is 13.8 Å². The molecule has 1 aliphatic rings. The van der Waals surface area contributed by atoms with Gasteiger partial charge in [0.1, 0.15) is 0 Å². The summed E-state index contributed by atoms with van der Waals surface area (Å²) in [6.07, 6.45) is 0. The van der Waals surface area contributed by atoms with E-state index in [1.54, 1.807) is 0 Å². The molecule has 0 amide bonds. The fourth-order valence-electron chi connectivity index (χ4n) is 6.50. The summed E-state index contributed by atoms with van der Waals surface area (Å²) in [6, 6.07) is 49.5. The molecule has 3 nitrogen and oxygen atoms in total.